The highest BCUT2D eigenvalue weighted by atomic mass is 19.4. The molecule has 0 aromatic carbocycles. The minimum Gasteiger partial charge on any atom is -0.228 e. The van der Waals surface area contributed by atoms with E-state index in [1.165, 1.54) is 0 Å². The van der Waals surface area contributed by atoms with Gasteiger partial charge in [-0.2, -0.15) is 27.1 Å². The second-order valence-corrected chi connectivity index (χ2v) is 2.44. The van der Waals surface area contributed by atoms with Crippen LogP contribution in [0.5, 0.6) is 0 Å². The van der Waals surface area contributed by atoms with Crippen LogP contribution in [0.4, 0.5) is 26.3 Å². The van der Waals surface area contributed by atoms with Crippen molar-refractivity contribution in [2.45, 2.75) is 18.4 Å². The molecule has 1 rings (SSSR count). The van der Waals surface area contributed by atoms with E-state index in [0.29, 0.717) is 6.20 Å². The van der Waals surface area contributed by atoms with Crippen molar-refractivity contribution in [2.75, 3.05) is 0 Å². The van der Waals surface area contributed by atoms with Crippen molar-refractivity contribution in [1.29, 1.82) is 0 Å². The number of halogens is 6. The van der Waals surface area contributed by atoms with E-state index in [2.05, 4.69) is 5.10 Å². The van der Waals surface area contributed by atoms with Crippen LogP contribution in [0.1, 0.15) is 0 Å². The van der Waals surface area contributed by atoms with Crippen molar-refractivity contribution in [3.05, 3.63) is 18.5 Å². The lowest BCUT2D eigenvalue weighted by Crippen LogP contribution is -2.43. The van der Waals surface area contributed by atoms with E-state index in [0.717, 1.165) is 12.3 Å². The highest BCUT2D eigenvalue weighted by molar-refractivity contribution is 4.86. The normalized spacial score (nSPS) is 15.6. The van der Waals surface area contributed by atoms with Crippen LogP contribution in [0, 0.1) is 0 Å². The second kappa shape index (κ2) is 3.18. The molecule has 2 nitrogen and oxygen atoms in total. The summed E-state index contributed by atoms with van der Waals surface area (Å²) in [5, 5.41) is 2.85. The number of aromatic nitrogens is 2. The predicted octanol–water partition coefficient (Wildman–Crippen LogP) is 2.33. The molecule has 8 heteroatoms. The fourth-order valence-electron chi connectivity index (χ4n) is 0.758. The first-order valence-electron chi connectivity index (χ1n) is 3.35. The van der Waals surface area contributed by atoms with E-state index in [-0.39, 0.29) is 4.68 Å². The summed E-state index contributed by atoms with van der Waals surface area (Å²) in [5.74, 6) is 0. The molecular formula is C6H4F6N2. The quantitative estimate of drug-likeness (QED) is 0.696. The van der Waals surface area contributed by atoms with Gasteiger partial charge in [0.25, 0.3) is 6.17 Å². The van der Waals surface area contributed by atoms with Crippen molar-refractivity contribution in [1.82, 2.24) is 9.78 Å². The van der Waals surface area contributed by atoms with Crippen molar-refractivity contribution in [2.24, 2.45) is 0 Å². The number of hydrogen-bond donors (Lipinski definition) is 0. The molecule has 0 bridgehead atoms. The van der Waals surface area contributed by atoms with Gasteiger partial charge < -0.3 is 0 Å². The van der Waals surface area contributed by atoms with E-state index in [1.54, 1.807) is 0 Å². The van der Waals surface area contributed by atoms with Crippen LogP contribution in [-0.2, 0) is 6.05 Å². The zero-order valence-electron chi connectivity index (χ0n) is 6.47. The van der Waals surface area contributed by atoms with E-state index < -0.39 is 18.4 Å². The van der Waals surface area contributed by atoms with Gasteiger partial charge in [0, 0.05) is 12.4 Å². The van der Waals surface area contributed by atoms with Crippen molar-refractivity contribution in [3.63, 3.8) is 0 Å². The molecule has 0 fully saturated rings. The van der Waals surface area contributed by atoms with Crippen LogP contribution in [0.25, 0.3) is 0 Å². The van der Waals surface area contributed by atoms with Gasteiger partial charge in [-0.25, -0.2) is 9.07 Å². The number of hydrogen-bond acceptors (Lipinski definition) is 1. The van der Waals surface area contributed by atoms with Crippen LogP contribution in [0.15, 0.2) is 18.5 Å². The molecule has 0 spiro atoms. The topological polar surface area (TPSA) is 17.8 Å². The summed E-state index contributed by atoms with van der Waals surface area (Å²) in [7, 11) is 0. The molecule has 14 heavy (non-hydrogen) atoms. The zero-order valence-corrected chi connectivity index (χ0v) is 6.47. The first-order valence-corrected chi connectivity index (χ1v) is 3.35. The van der Waals surface area contributed by atoms with Gasteiger partial charge in [-0.05, 0) is 6.07 Å². The van der Waals surface area contributed by atoms with Gasteiger partial charge in [-0.15, -0.1) is 0 Å². The molecule has 0 amide bonds. The number of rotatable bonds is 2. The van der Waals surface area contributed by atoms with Crippen molar-refractivity contribution >= 4 is 0 Å². The van der Waals surface area contributed by atoms with Crippen LogP contribution in [-0.4, -0.2) is 22.1 Å². The first kappa shape index (κ1) is 10.9. The van der Waals surface area contributed by atoms with Crippen LogP contribution in [0.3, 0.4) is 0 Å². The minimum absolute atomic E-state index is 0.370. The molecule has 1 heterocycles. The third kappa shape index (κ3) is 1.83. The molecule has 0 aliphatic heterocycles. The fourth-order valence-corrected chi connectivity index (χ4v) is 0.758. The third-order valence-electron chi connectivity index (χ3n) is 1.40. The Hall–Kier alpha value is -1.21. The maximum Gasteiger partial charge on any atom is 0.427 e. The highest BCUT2D eigenvalue weighted by Crippen LogP contribution is 2.37. The average molecular weight is 218 g/mol. The lowest BCUT2D eigenvalue weighted by atomic mass is 10.3. The van der Waals surface area contributed by atoms with Gasteiger partial charge in [0.15, 0.2) is 0 Å². The van der Waals surface area contributed by atoms with E-state index >= 15 is 0 Å². The summed E-state index contributed by atoms with van der Waals surface area (Å²) >= 11 is 0. The molecular weight excluding hydrogens is 214 g/mol. The van der Waals surface area contributed by atoms with Gasteiger partial charge >= 0.3 is 12.2 Å². The first-order chi connectivity index (χ1) is 6.26. The largest absolute Gasteiger partial charge is 0.427 e. The molecule has 0 radical (unpaired) electrons. The molecule has 80 valence electrons. The van der Waals surface area contributed by atoms with E-state index in [1.807, 2.05) is 0 Å². The molecule has 1 aromatic heterocycles. The fraction of sp³-hybridized carbons (Fsp3) is 0.500. The van der Waals surface area contributed by atoms with Gasteiger partial charge in [0.2, 0.25) is 0 Å². The molecule has 0 saturated heterocycles. The summed E-state index contributed by atoms with van der Waals surface area (Å²) < 4.78 is 72.2. The highest BCUT2D eigenvalue weighted by Gasteiger charge is 2.58. The number of nitrogens with zero attached hydrogens (tertiary/aromatic N) is 2. The van der Waals surface area contributed by atoms with Gasteiger partial charge in [-0.1, -0.05) is 0 Å². The summed E-state index contributed by atoms with van der Waals surface area (Å²) in [4.78, 5) is 0. The van der Waals surface area contributed by atoms with Gasteiger partial charge in [0.05, 0.1) is 0 Å². The third-order valence-corrected chi connectivity index (χ3v) is 1.40. The average Bonchev–Trinajstić information content (AvgIpc) is 2.53. The van der Waals surface area contributed by atoms with Gasteiger partial charge in [-0.3, -0.25) is 0 Å². The van der Waals surface area contributed by atoms with Crippen LogP contribution < -0.4 is 0 Å². The van der Waals surface area contributed by atoms with Gasteiger partial charge in [0.1, 0.15) is 0 Å². The molecule has 0 aliphatic carbocycles. The Morgan fingerprint density at radius 3 is 2.07 bits per heavy atom. The SMILES string of the molecule is FC(C(F)(F)F)C(F)(F)n1cccn1. The van der Waals surface area contributed by atoms with Crippen LogP contribution >= 0.6 is 0 Å². The Labute approximate surface area is 74.1 Å². The Morgan fingerprint density at radius 1 is 1.14 bits per heavy atom. The van der Waals surface area contributed by atoms with E-state index in [4.69, 9.17) is 0 Å². The van der Waals surface area contributed by atoms with Crippen molar-refractivity contribution < 1.29 is 26.3 Å². The minimum atomic E-state index is -5.62. The molecule has 0 aliphatic rings. The Morgan fingerprint density at radius 2 is 1.71 bits per heavy atom. The predicted molar refractivity (Wildman–Crippen MR) is 33.4 cm³/mol. The standard InChI is InChI=1S/C6H4F6N2/c7-4(5(8,9)10)6(11,12)14-3-1-2-13-14/h1-4H. The maximum absolute atomic E-state index is 12.7. The number of alkyl halides is 6. The molecule has 0 N–H and O–H groups in total. The second-order valence-electron chi connectivity index (χ2n) is 2.44. The summed E-state index contributed by atoms with van der Waals surface area (Å²) in [6.07, 6.45) is -8.50. The monoisotopic (exact) mass is 218 g/mol. The molecule has 0 saturated carbocycles. The lowest BCUT2D eigenvalue weighted by molar-refractivity contribution is -0.275. The van der Waals surface area contributed by atoms with Crippen LogP contribution in [0.2, 0.25) is 0 Å². The Balaban J connectivity index is 2.96. The molecule has 1 atom stereocenters. The summed E-state index contributed by atoms with van der Waals surface area (Å²) in [6, 6.07) is -3.75. The summed E-state index contributed by atoms with van der Waals surface area (Å²) in [5.41, 5.74) is 0. The lowest BCUT2D eigenvalue weighted by Gasteiger charge is -2.22. The van der Waals surface area contributed by atoms with E-state index in [9.17, 15) is 26.3 Å². The van der Waals surface area contributed by atoms with Crippen molar-refractivity contribution in [3.8, 4) is 0 Å². The molecule has 1 unspecified atom stereocenters. The smallest absolute Gasteiger partial charge is 0.228 e. The Kier molecular flexibility index (Phi) is 2.47. The Bertz CT molecular complexity index is 290. The zero-order chi connectivity index (χ0) is 11.0. The molecule has 1 aromatic rings. The summed E-state index contributed by atoms with van der Waals surface area (Å²) in [6.45, 7) is 0. The maximum atomic E-state index is 12.7.